The van der Waals surface area contributed by atoms with Gasteiger partial charge >= 0.3 is 0 Å². The largest absolute Gasteiger partial charge is 0.367 e. The molecule has 21 heavy (non-hydrogen) atoms. The number of para-hydroxylation sites is 1. The summed E-state index contributed by atoms with van der Waals surface area (Å²) in [6.45, 7) is 9.42. The quantitative estimate of drug-likeness (QED) is 0.848. The maximum absolute atomic E-state index is 4.33. The molecule has 0 radical (unpaired) electrons. The Hall–Kier alpha value is -2.10. The summed E-state index contributed by atoms with van der Waals surface area (Å²) in [5.41, 5.74) is 3.65. The molecule has 0 aliphatic carbocycles. The van der Waals surface area contributed by atoms with Crippen LogP contribution in [0.15, 0.2) is 36.4 Å². The molecular formula is C17H22N4. The van der Waals surface area contributed by atoms with Gasteiger partial charge < -0.3 is 9.80 Å². The lowest BCUT2D eigenvalue weighted by Crippen LogP contribution is -2.52. The van der Waals surface area contributed by atoms with Crippen molar-refractivity contribution in [1.82, 2.24) is 10.2 Å². The number of piperazine rings is 1. The Kier molecular flexibility index (Phi) is 3.78. The molecule has 0 amide bonds. The molecule has 0 unspecified atom stereocenters. The van der Waals surface area contributed by atoms with Crippen LogP contribution in [-0.4, -0.2) is 35.9 Å². The van der Waals surface area contributed by atoms with Gasteiger partial charge in [-0.25, -0.2) is 0 Å². The molecule has 2 heterocycles. The van der Waals surface area contributed by atoms with Crippen molar-refractivity contribution in [2.24, 2.45) is 0 Å². The highest BCUT2D eigenvalue weighted by Crippen LogP contribution is 2.24. The van der Waals surface area contributed by atoms with Crippen LogP contribution in [0.4, 0.5) is 11.5 Å². The van der Waals surface area contributed by atoms with E-state index < -0.39 is 0 Å². The monoisotopic (exact) mass is 282 g/mol. The van der Waals surface area contributed by atoms with Crippen LogP contribution in [0.3, 0.4) is 0 Å². The van der Waals surface area contributed by atoms with Gasteiger partial charge in [-0.1, -0.05) is 18.2 Å². The Bertz CT molecular complexity index is 608. The summed E-state index contributed by atoms with van der Waals surface area (Å²) in [7, 11) is 0. The van der Waals surface area contributed by atoms with E-state index in [1.807, 2.05) is 13.0 Å². The summed E-state index contributed by atoms with van der Waals surface area (Å²) in [5, 5.41) is 8.50. The smallest absolute Gasteiger partial charge is 0.151 e. The summed E-state index contributed by atoms with van der Waals surface area (Å²) in [4.78, 5) is 4.82. The molecule has 1 saturated heterocycles. The molecule has 0 N–H and O–H groups in total. The number of hydrogen-bond acceptors (Lipinski definition) is 4. The van der Waals surface area contributed by atoms with E-state index in [4.69, 9.17) is 0 Å². The third kappa shape index (κ3) is 2.84. The van der Waals surface area contributed by atoms with Gasteiger partial charge in [0.1, 0.15) is 0 Å². The van der Waals surface area contributed by atoms with Crippen LogP contribution in [0.25, 0.3) is 0 Å². The zero-order valence-corrected chi connectivity index (χ0v) is 13.0. The minimum Gasteiger partial charge on any atom is -0.367 e. The van der Waals surface area contributed by atoms with Gasteiger partial charge in [0.05, 0.1) is 5.69 Å². The third-order valence-electron chi connectivity index (χ3n) is 4.16. The van der Waals surface area contributed by atoms with Crippen molar-refractivity contribution in [3.05, 3.63) is 47.7 Å². The van der Waals surface area contributed by atoms with Crippen molar-refractivity contribution in [2.75, 3.05) is 29.4 Å². The van der Waals surface area contributed by atoms with E-state index in [-0.39, 0.29) is 0 Å². The summed E-state index contributed by atoms with van der Waals surface area (Å²) >= 11 is 0. The molecule has 0 bridgehead atoms. The van der Waals surface area contributed by atoms with Crippen molar-refractivity contribution in [3.8, 4) is 0 Å². The first-order valence-corrected chi connectivity index (χ1v) is 7.52. The van der Waals surface area contributed by atoms with Crippen LogP contribution < -0.4 is 9.80 Å². The maximum Gasteiger partial charge on any atom is 0.151 e. The number of anilines is 2. The summed E-state index contributed by atoms with van der Waals surface area (Å²) in [6, 6.07) is 13.1. The highest BCUT2D eigenvalue weighted by atomic mass is 15.3. The van der Waals surface area contributed by atoms with Crippen LogP contribution in [-0.2, 0) is 0 Å². The van der Waals surface area contributed by atoms with Crippen LogP contribution >= 0.6 is 0 Å². The molecule has 0 saturated carbocycles. The van der Waals surface area contributed by atoms with Crippen LogP contribution in [0, 0.1) is 13.8 Å². The molecular weight excluding hydrogens is 260 g/mol. The molecule has 1 aliphatic rings. The van der Waals surface area contributed by atoms with Gasteiger partial charge in [0.25, 0.3) is 0 Å². The van der Waals surface area contributed by atoms with E-state index >= 15 is 0 Å². The van der Waals surface area contributed by atoms with Gasteiger partial charge in [-0.15, -0.1) is 5.10 Å². The average Bonchev–Trinajstić information content (AvgIpc) is 2.49. The fraction of sp³-hybridized carbons (Fsp3) is 0.412. The molecule has 1 aromatic heterocycles. The first-order valence-electron chi connectivity index (χ1n) is 7.52. The molecule has 1 aromatic carbocycles. The van der Waals surface area contributed by atoms with Gasteiger partial charge in [0.15, 0.2) is 5.82 Å². The van der Waals surface area contributed by atoms with E-state index in [0.717, 1.165) is 31.1 Å². The van der Waals surface area contributed by atoms with E-state index in [0.29, 0.717) is 6.04 Å². The summed E-state index contributed by atoms with van der Waals surface area (Å²) in [5.74, 6) is 0.984. The van der Waals surface area contributed by atoms with Gasteiger partial charge in [-0.2, -0.15) is 5.10 Å². The molecule has 110 valence electrons. The normalized spacial score (nSPS) is 18.9. The number of aromatic nitrogens is 2. The van der Waals surface area contributed by atoms with Crippen molar-refractivity contribution >= 4 is 11.5 Å². The van der Waals surface area contributed by atoms with Crippen LogP contribution in [0.2, 0.25) is 0 Å². The molecule has 0 spiro atoms. The summed E-state index contributed by atoms with van der Waals surface area (Å²) in [6.07, 6.45) is 0. The molecule has 3 rings (SSSR count). The second-order valence-electron chi connectivity index (χ2n) is 5.81. The lowest BCUT2D eigenvalue weighted by Gasteiger charge is -2.41. The minimum absolute atomic E-state index is 0.426. The Labute approximate surface area is 126 Å². The third-order valence-corrected chi connectivity index (χ3v) is 4.16. The first kappa shape index (κ1) is 13.9. The van der Waals surface area contributed by atoms with Crippen molar-refractivity contribution in [3.63, 3.8) is 0 Å². The Morgan fingerprint density at radius 1 is 1.00 bits per heavy atom. The Morgan fingerprint density at radius 2 is 1.81 bits per heavy atom. The van der Waals surface area contributed by atoms with Gasteiger partial charge in [-0.05, 0) is 44.5 Å². The maximum atomic E-state index is 4.33. The van der Waals surface area contributed by atoms with Crippen LogP contribution in [0.1, 0.15) is 18.2 Å². The van der Waals surface area contributed by atoms with Gasteiger partial charge in [0, 0.05) is 31.4 Å². The molecule has 1 fully saturated rings. The molecule has 4 nitrogen and oxygen atoms in total. The first-order chi connectivity index (χ1) is 10.1. The molecule has 1 atom stereocenters. The standard InChI is InChI=1S/C17H22N4/c1-13-6-4-5-7-16(13)20-10-11-21(15(3)12-20)17-9-8-14(2)18-19-17/h4-9,15H,10-12H2,1-3H3/t15-/m1/s1. The molecule has 2 aromatic rings. The lowest BCUT2D eigenvalue weighted by molar-refractivity contribution is 0.543. The van der Waals surface area contributed by atoms with E-state index in [1.165, 1.54) is 11.3 Å². The number of nitrogens with zero attached hydrogens (tertiary/aromatic N) is 4. The van der Waals surface area contributed by atoms with Crippen molar-refractivity contribution < 1.29 is 0 Å². The van der Waals surface area contributed by atoms with Crippen LogP contribution in [0.5, 0.6) is 0 Å². The fourth-order valence-corrected chi connectivity index (χ4v) is 2.98. The summed E-state index contributed by atoms with van der Waals surface area (Å²) < 4.78 is 0. The van der Waals surface area contributed by atoms with Crippen molar-refractivity contribution in [2.45, 2.75) is 26.8 Å². The predicted molar refractivity (Wildman–Crippen MR) is 87.0 cm³/mol. The second kappa shape index (κ2) is 5.72. The SMILES string of the molecule is Cc1ccc(N2CCN(c3ccccc3C)C[C@H]2C)nn1. The predicted octanol–water partition coefficient (Wildman–Crippen LogP) is 2.81. The zero-order valence-electron chi connectivity index (χ0n) is 13.0. The number of benzene rings is 1. The molecule has 4 heteroatoms. The zero-order chi connectivity index (χ0) is 14.8. The Morgan fingerprint density at radius 3 is 2.48 bits per heavy atom. The Balaban J connectivity index is 1.75. The highest BCUT2D eigenvalue weighted by molar-refractivity contribution is 5.55. The number of aryl methyl sites for hydroxylation is 2. The van der Waals surface area contributed by atoms with Gasteiger partial charge in [0.2, 0.25) is 0 Å². The van der Waals surface area contributed by atoms with Gasteiger partial charge in [-0.3, -0.25) is 0 Å². The topological polar surface area (TPSA) is 32.3 Å². The fourth-order valence-electron chi connectivity index (χ4n) is 2.98. The van der Waals surface area contributed by atoms with E-state index in [2.05, 4.69) is 64.2 Å². The average molecular weight is 282 g/mol. The van der Waals surface area contributed by atoms with E-state index in [9.17, 15) is 0 Å². The molecule has 1 aliphatic heterocycles. The highest BCUT2D eigenvalue weighted by Gasteiger charge is 2.25. The number of hydrogen-bond donors (Lipinski definition) is 0. The lowest BCUT2D eigenvalue weighted by atomic mass is 10.1. The van der Waals surface area contributed by atoms with Crippen molar-refractivity contribution in [1.29, 1.82) is 0 Å². The second-order valence-corrected chi connectivity index (χ2v) is 5.81. The minimum atomic E-state index is 0.426. The van der Waals surface area contributed by atoms with E-state index in [1.54, 1.807) is 0 Å². The number of rotatable bonds is 2.